The summed E-state index contributed by atoms with van der Waals surface area (Å²) >= 11 is 0. The van der Waals surface area contributed by atoms with Crippen LogP contribution in [0.2, 0.25) is 0 Å². The van der Waals surface area contributed by atoms with E-state index in [1.165, 1.54) is 33.3 Å². The molecule has 27 heavy (non-hydrogen) atoms. The zero-order valence-corrected chi connectivity index (χ0v) is 15.1. The molecule has 0 atom stereocenters. The summed E-state index contributed by atoms with van der Waals surface area (Å²) < 4.78 is 10.3. The molecule has 0 bridgehead atoms. The van der Waals surface area contributed by atoms with Crippen LogP contribution in [-0.2, 0) is 11.2 Å². The molecule has 9 nitrogen and oxygen atoms in total. The maximum absolute atomic E-state index is 12.0. The van der Waals surface area contributed by atoms with E-state index in [9.17, 15) is 20.0 Å². The number of hydrogen-bond donors (Lipinski definition) is 2. The first-order valence-electron chi connectivity index (χ1n) is 7.86. The molecule has 0 aliphatic carbocycles. The van der Waals surface area contributed by atoms with E-state index in [4.69, 9.17) is 9.47 Å². The van der Waals surface area contributed by atoms with Gasteiger partial charge in [0.1, 0.15) is 5.75 Å². The number of nitrogens with one attached hydrogen (secondary N) is 1. The first-order valence-corrected chi connectivity index (χ1v) is 7.86. The van der Waals surface area contributed by atoms with Crippen LogP contribution in [0.5, 0.6) is 17.2 Å². The Morgan fingerprint density at radius 3 is 2.59 bits per heavy atom. The molecule has 9 heteroatoms. The number of hydrazone groups is 1. The average molecular weight is 373 g/mol. The number of hydrogen-bond acceptors (Lipinski definition) is 7. The van der Waals surface area contributed by atoms with Crippen molar-refractivity contribution in [3.63, 3.8) is 0 Å². The fraction of sp³-hybridized carbons (Fsp3) is 0.222. The maximum Gasteiger partial charge on any atom is 0.270 e. The molecular formula is C18H19N3O6. The number of aryl methyl sites for hydroxylation is 1. The van der Waals surface area contributed by atoms with Gasteiger partial charge in [0, 0.05) is 17.7 Å². The normalized spacial score (nSPS) is 10.6. The van der Waals surface area contributed by atoms with Crippen molar-refractivity contribution in [2.75, 3.05) is 14.2 Å². The first-order chi connectivity index (χ1) is 12.8. The highest BCUT2D eigenvalue weighted by atomic mass is 16.6. The number of phenols is 1. The van der Waals surface area contributed by atoms with Crippen LogP contribution in [0.3, 0.4) is 0 Å². The van der Waals surface area contributed by atoms with Crippen molar-refractivity contribution in [1.29, 1.82) is 0 Å². The third-order valence-corrected chi connectivity index (χ3v) is 3.73. The molecule has 0 unspecified atom stereocenters. The lowest BCUT2D eigenvalue weighted by atomic mass is 10.1. The quantitative estimate of drug-likeness (QED) is 0.436. The third-order valence-electron chi connectivity index (χ3n) is 3.73. The number of amides is 1. The zero-order chi connectivity index (χ0) is 20.0. The molecule has 1 amide bonds. The van der Waals surface area contributed by atoms with Crippen LogP contribution in [0.1, 0.15) is 16.7 Å². The van der Waals surface area contributed by atoms with Crippen LogP contribution >= 0.6 is 0 Å². The Labute approximate surface area is 155 Å². The smallest absolute Gasteiger partial charge is 0.270 e. The van der Waals surface area contributed by atoms with Gasteiger partial charge in [-0.15, -0.1) is 0 Å². The van der Waals surface area contributed by atoms with Crippen LogP contribution in [0.25, 0.3) is 0 Å². The summed E-state index contributed by atoms with van der Waals surface area (Å²) in [5.41, 5.74) is 3.30. The number of methoxy groups -OCH3 is 2. The zero-order valence-electron chi connectivity index (χ0n) is 15.1. The number of phenolic OH excluding ortho intramolecular Hbond substituents is 1. The maximum atomic E-state index is 12.0. The highest BCUT2D eigenvalue weighted by Gasteiger charge is 2.13. The van der Waals surface area contributed by atoms with Crippen LogP contribution in [-0.4, -0.2) is 36.4 Å². The van der Waals surface area contributed by atoms with E-state index in [0.29, 0.717) is 22.6 Å². The van der Waals surface area contributed by atoms with Crippen LogP contribution in [0, 0.1) is 17.0 Å². The second-order valence-corrected chi connectivity index (χ2v) is 5.62. The molecule has 0 saturated carbocycles. The molecule has 2 N–H and O–H groups in total. The van der Waals surface area contributed by atoms with E-state index < -0.39 is 10.8 Å². The van der Waals surface area contributed by atoms with Gasteiger partial charge in [-0.1, -0.05) is 6.07 Å². The number of carbonyl (C=O) groups excluding carboxylic acids is 1. The number of carbonyl (C=O) groups is 1. The van der Waals surface area contributed by atoms with Gasteiger partial charge >= 0.3 is 0 Å². The summed E-state index contributed by atoms with van der Waals surface area (Å²) in [4.78, 5) is 22.3. The summed E-state index contributed by atoms with van der Waals surface area (Å²) in [7, 11) is 3.02. The average Bonchev–Trinajstić information content (AvgIpc) is 2.64. The number of nitrogens with zero attached hydrogens (tertiary/aromatic N) is 2. The molecule has 0 aromatic heterocycles. The SMILES string of the molecule is COc1ccc(CC(=O)NN=Cc2cc([N+](=O)[O-])cc(C)c2O)cc1OC. The Bertz CT molecular complexity index is 895. The number of aromatic hydroxyl groups is 1. The van der Waals surface area contributed by atoms with Gasteiger partial charge in [0.15, 0.2) is 11.5 Å². The minimum Gasteiger partial charge on any atom is -0.507 e. The number of ether oxygens (including phenoxy) is 2. The van der Waals surface area contributed by atoms with E-state index in [2.05, 4.69) is 10.5 Å². The molecule has 2 aromatic carbocycles. The standard InChI is InChI=1S/C18H19N3O6/c1-11-6-14(21(24)25)9-13(18(11)23)10-19-20-17(22)8-12-4-5-15(26-2)16(7-12)27-3/h4-7,9-10,23H,8H2,1-3H3,(H,20,22). The van der Waals surface area contributed by atoms with Gasteiger partial charge in [0.25, 0.3) is 5.69 Å². The highest BCUT2D eigenvalue weighted by molar-refractivity contribution is 5.87. The fourth-order valence-electron chi connectivity index (χ4n) is 2.38. The monoisotopic (exact) mass is 373 g/mol. The first kappa shape index (κ1) is 19.7. The van der Waals surface area contributed by atoms with Gasteiger partial charge in [-0.2, -0.15) is 5.10 Å². The van der Waals surface area contributed by atoms with Gasteiger partial charge in [0.05, 0.1) is 31.8 Å². The van der Waals surface area contributed by atoms with Gasteiger partial charge in [-0.3, -0.25) is 14.9 Å². The lowest BCUT2D eigenvalue weighted by molar-refractivity contribution is -0.384. The predicted octanol–water partition coefficient (Wildman–Crippen LogP) is 2.32. The lowest BCUT2D eigenvalue weighted by Gasteiger charge is -2.09. The number of benzene rings is 2. The summed E-state index contributed by atoms with van der Waals surface area (Å²) in [5, 5.41) is 24.6. The molecule has 142 valence electrons. The molecule has 0 heterocycles. The van der Waals surface area contributed by atoms with E-state index >= 15 is 0 Å². The Kier molecular flexibility index (Phi) is 6.32. The Balaban J connectivity index is 2.06. The molecule has 0 fully saturated rings. The number of nitro groups is 1. The van der Waals surface area contributed by atoms with Gasteiger partial charge < -0.3 is 14.6 Å². The summed E-state index contributed by atoms with van der Waals surface area (Å²) in [6.45, 7) is 1.54. The van der Waals surface area contributed by atoms with E-state index in [1.54, 1.807) is 18.2 Å². The molecular weight excluding hydrogens is 354 g/mol. The molecule has 0 aliphatic rings. The molecule has 0 aliphatic heterocycles. The van der Waals surface area contributed by atoms with Gasteiger partial charge in [-0.25, -0.2) is 5.43 Å². The molecule has 0 radical (unpaired) electrons. The lowest BCUT2D eigenvalue weighted by Crippen LogP contribution is -2.19. The molecule has 2 rings (SSSR count). The van der Waals surface area contributed by atoms with Crippen LogP contribution in [0.4, 0.5) is 5.69 Å². The molecule has 0 spiro atoms. The van der Waals surface area contributed by atoms with E-state index in [1.807, 2.05) is 0 Å². The number of rotatable bonds is 7. The van der Waals surface area contributed by atoms with Crippen LogP contribution in [0.15, 0.2) is 35.4 Å². The van der Waals surface area contributed by atoms with Crippen molar-refractivity contribution in [3.05, 3.63) is 57.1 Å². The molecule has 0 saturated heterocycles. The van der Waals surface area contributed by atoms with Crippen molar-refractivity contribution < 1.29 is 24.3 Å². The number of nitro benzene ring substituents is 1. The Morgan fingerprint density at radius 1 is 1.26 bits per heavy atom. The predicted molar refractivity (Wildman–Crippen MR) is 98.5 cm³/mol. The second-order valence-electron chi connectivity index (χ2n) is 5.62. The minimum absolute atomic E-state index is 0.0393. The minimum atomic E-state index is -0.570. The highest BCUT2D eigenvalue weighted by Crippen LogP contribution is 2.28. The van der Waals surface area contributed by atoms with Crippen molar-refractivity contribution >= 4 is 17.8 Å². The third kappa shape index (κ3) is 4.94. The topological polar surface area (TPSA) is 123 Å². The van der Waals surface area contributed by atoms with Gasteiger partial charge in [0.2, 0.25) is 5.91 Å². The summed E-state index contributed by atoms with van der Waals surface area (Å²) in [6.07, 6.45) is 1.19. The number of non-ortho nitro benzene ring substituents is 1. The summed E-state index contributed by atoms with van der Waals surface area (Å²) in [5.74, 6) is 0.512. The van der Waals surface area contributed by atoms with E-state index in [0.717, 1.165) is 6.21 Å². The largest absolute Gasteiger partial charge is 0.507 e. The van der Waals surface area contributed by atoms with Crippen molar-refractivity contribution in [2.24, 2.45) is 5.10 Å². The summed E-state index contributed by atoms with van der Waals surface area (Å²) in [6, 6.07) is 7.52. The van der Waals surface area contributed by atoms with Crippen molar-refractivity contribution in [3.8, 4) is 17.2 Å². The van der Waals surface area contributed by atoms with Gasteiger partial charge in [-0.05, 0) is 30.2 Å². The van der Waals surface area contributed by atoms with Crippen molar-refractivity contribution in [1.82, 2.24) is 5.43 Å². The Hall–Kier alpha value is -3.62. The molecule has 2 aromatic rings. The van der Waals surface area contributed by atoms with Crippen molar-refractivity contribution in [2.45, 2.75) is 13.3 Å². The second kappa shape index (κ2) is 8.65. The van der Waals surface area contributed by atoms with Crippen LogP contribution < -0.4 is 14.9 Å². The fourth-order valence-corrected chi connectivity index (χ4v) is 2.38. The van der Waals surface area contributed by atoms with E-state index in [-0.39, 0.29) is 23.4 Å². The Morgan fingerprint density at radius 2 is 1.96 bits per heavy atom.